The molecule has 1 amide bonds. The van der Waals surface area contributed by atoms with E-state index < -0.39 is 12.0 Å². The number of rotatable bonds is 9. The van der Waals surface area contributed by atoms with Crippen LogP contribution < -0.4 is 5.56 Å². The zero-order valence-electron chi connectivity index (χ0n) is 20.1. The molecular formula is C27H31N3O4. The summed E-state index contributed by atoms with van der Waals surface area (Å²) >= 11 is 0. The summed E-state index contributed by atoms with van der Waals surface area (Å²) < 4.78 is 6.26. The Hall–Kier alpha value is -3.74. The van der Waals surface area contributed by atoms with Crippen LogP contribution in [0, 0.1) is 5.92 Å². The van der Waals surface area contributed by atoms with Crippen LogP contribution in [0.15, 0.2) is 65.5 Å². The second kappa shape index (κ2) is 11.4. The molecule has 178 valence electrons. The fourth-order valence-corrected chi connectivity index (χ4v) is 3.82. The molecule has 1 heterocycles. The van der Waals surface area contributed by atoms with Gasteiger partial charge in [-0.25, -0.2) is 4.98 Å². The number of hydrogen-bond donors (Lipinski definition) is 0. The normalized spacial score (nSPS) is 12.3. The van der Waals surface area contributed by atoms with Crippen molar-refractivity contribution in [3.8, 4) is 0 Å². The van der Waals surface area contributed by atoms with Crippen LogP contribution in [-0.4, -0.2) is 40.0 Å². The fraction of sp³-hybridized carbons (Fsp3) is 0.333. The lowest BCUT2D eigenvalue weighted by Gasteiger charge is -2.31. The minimum Gasteiger partial charge on any atom is -0.469 e. The highest BCUT2D eigenvalue weighted by Gasteiger charge is 2.26. The van der Waals surface area contributed by atoms with Crippen molar-refractivity contribution in [2.24, 2.45) is 5.92 Å². The third kappa shape index (κ3) is 5.98. The Morgan fingerprint density at radius 3 is 2.41 bits per heavy atom. The molecule has 1 aromatic heterocycles. The summed E-state index contributed by atoms with van der Waals surface area (Å²) in [5.74, 6) is 0.0495. The van der Waals surface area contributed by atoms with Crippen molar-refractivity contribution in [1.29, 1.82) is 0 Å². The first-order valence-electron chi connectivity index (χ1n) is 11.4. The van der Waals surface area contributed by atoms with Gasteiger partial charge in [-0.05, 0) is 36.6 Å². The summed E-state index contributed by atoms with van der Waals surface area (Å²) in [5.41, 5.74) is 1.24. The van der Waals surface area contributed by atoms with E-state index in [0.29, 0.717) is 23.3 Å². The van der Waals surface area contributed by atoms with E-state index in [4.69, 9.17) is 9.72 Å². The summed E-state index contributed by atoms with van der Waals surface area (Å²) in [4.78, 5) is 44.9. The van der Waals surface area contributed by atoms with Gasteiger partial charge in [-0.15, -0.1) is 0 Å². The van der Waals surface area contributed by atoms with E-state index in [1.165, 1.54) is 11.7 Å². The molecule has 0 radical (unpaired) electrons. The standard InChI is InChI=1S/C27H31N3O4/c1-19(2)18-30(24(31)15-14-21-10-6-5-7-11-21)20(3)26-28-23-13-9-8-12-22(23)27(33)29(26)17-16-25(32)34-4/h5-15,19-20H,16-18H2,1-4H3/b15-14+. The SMILES string of the molecule is COC(=O)CCn1c(C(C)N(CC(C)C)C(=O)/C=C/c2ccccc2)nc2ccccc2c1=O. The molecule has 7 nitrogen and oxygen atoms in total. The average Bonchev–Trinajstić information content (AvgIpc) is 2.85. The van der Waals surface area contributed by atoms with E-state index in [9.17, 15) is 14.4 Å². The predicted molar refractivity (Wildman–Crippen MR) is 133 cm³/mol. The Balaban J connectivity index is 2.04. The molecule has 0 bridgehead atoms. The molecule has 2 aromatic carbocycles. The van der Waals surface area contributed by atoms with Gasteiger partial charge in [0.25, 0.3) is 5.56 Å². The van der Waals surface area contributed by atoms with Crippen LogP contribution in [0.5, 0.6) is 0 Å². The van der Waals surface area contributed by atoms with Gasteiger partial charge in [-0.1, -0.05) is 56.3 Å². The minimum absolute atomic E-state index is 0.0299. The molecule has 0 aliphatic carbocycles. The van der Waals surface area contributed by atoms with Gasteiger partial charge in [-0.2, -0.15) is 0 Å². The Kier molecular flexibility index (Phi) is 8.35. The van der Waals surface area contributed by atoms with Crippen molar-refractivity contribution in [3.05, 3.63) is 82.4 Å². The molecule has 1 unspecified atom stereocenters. The van der Waals surface area contributed by atoms with Crippen LogP contribution in [0.2, 0.25) is 0 Å². The number of fused-ring (bicyclic) bond motifs is 1. The molecule has 3 aromatic rings. The molecule has 0 N–H and O–H groups in total. The summed E-state index contributed by atoms with van der Waals surface area (Å²) in [5, 5.41) is 0.467. The third-order valence-electron chi connectivity index (χ3n) is 5.56. The highest BCUT2D eigenvalue weighted by Crippen LogP contribution is 2.22. The number of benzene rings is 2. The molecule has 3 rings (SSSR count). The summed E-state index contributed by atoms with van der Waals surface area (Å²) in [6, 6.07) is 16.2. The predicted octanol–water partition coefficient (Wildman–Crippen LogP) is 4.22. The van der Waals surface area contributed by atoms with Gasteiger partial charge in [0.05, 0.1) is 30.5 Å². The number of aromatic nitrogens is 2. The van der Waals surface area contributed by atoms with Gasteiger partial charge in [0.2, 0.25) is 5.91 Å². The van der Waals surface area contributed by atoms with Gasteiger partial charge in [0, 0.05) is 19.2 Å². The second-order valence-electron chi connectivity index (χ2n) is 8.57. The van der Waals surface area contributed by atoms with Gasteiger partial charge in [-0.3, -0.25) is 19.0 Å². The highest BCUT2D eigenvalue weighted by atomic mass is 16.5. The number of para-hydroxylation sites is 1. The molecule has 0 aliphatic heterocycles. The molecule has 34 heavy (non-hydrogen) atoms. The average molecular weight is 462 g/mol. The number of amides is 1. The first-order chi connectivity index (χ1) is 16.3. The van der Waals surface area contributed by atoms with E-state index in [1.807, 2.05) is 57.2 Å². The molecule has 1 atom stereocenters. The topological polar surface area (TPSA) is 81.5 Å². The van der Waals surface area contributed by atoms with E-state index in [1.54, 1.807) is 35.3 Å². The summed E-state index contributed by atoms with van der Waals surface area (Å²) in [6.45, 7) is 6.53. The Labute approximate surface area is 199 Å². The van der Waals surface area contributed by atoms with Crippen LogP contribution in [0.3, 0.4) is 0 Å². The van der Waals surface area contributed by atoms with E-state index >= 15 is 0 Å². The summed E-state index contributed by atoms with van der Waals surface area (Å²) in [7, 11) is 1.31. The zero-order valence-corrected chi connectivity index (χ0v) is 20.1. The molecule has 0 saturated heterocycles. The van der Waals surface area contributed by atoms with Gasteiger partial charge >= 0.3 is 5.97 Å². The third-order valence-corrected chi connectivity index (χ3v) is 5.56. The lowest BCUT2D eigenvalue weighted by atomic mass is 10.1. The quantitative estimate of drug-likeness (QED) is 0.352. The number of hydrogen-bond acceptors (Lipinski definition) is 5. The van der Waals surface area contributed by atoms with Crippen molar-refractivity contribution >= 4 is 28.9 Å². The maximum Gasteiger partial charge on any atom is 0.307 e. The zero-order chi connectivity index (χ0) is 24.7. The molecule has 7 heteroatoms. The van der Waals surface area contributed by atoms with E-state index in [-0.39, 0.29) is 30.3 Å². The lowest BCUT2D eigenvalue weighted by Crippen LogP contribution is -2.39. The van der Waals surface area contributed by atoms with Gasteiger partial charge in [0.1, 0.15) is 5.82 Å². The van der Waals surface area contributed by atoms with Crippen LogP contribution in [-0.2, 0) is 20.9 Å². The van der Waals surface area contributed by atoms with Crippen molar-refractivity contribution in [1.82, 2.24) is 14.5 Å². The van der Waals surface area contributed by atoms with Crippen molar-refractivity contribution in [3.63, 3.8) is 0 Å². The number of esters is 1. The Morgan fingerprint density at radius 1 is 1.06 bits per heavy atom. The Bertz CT molecular complexity index is 1230. The maximum absolute atomic E-state index is 13.3. The van der Waals surface area contributed by atoms with Crippen LogP contribution >= 0.6 is 0 Å². The molecule has 0 aliphatic rings. The van der Waals surface area contributed by atoms with Crippen molar-refractivity contribution in [2.75, 3.05) is 13.7 Å². The smallest absolute Gasteiger partial charge is 0.307 e. The van der Waals surface area contributed by atoms with Crippen molar-refractivity contribution in [2.45, 2.75) is 39.8 Å². The van der Waals surface area contributed by atoms with Gasteiger partial charge < -0.3 is 9.64 Å². The lowest BCUT2D eigenvalue weighted by molar-refractivity contribution is -0.141. The summed E-state index contributed by atoms with van der Waals surface area (Å²) in [6.07, 6.45) is 3.36. The molecule has 0 fully saturated rings. The molecule has 0 spiro atoms. The van der Waals surface area contributed by atoms with Crippen LogP contribution in [0.1, 0.15) is 44.6 Å². The second-order valence-corrected chi connectivity index (χ2v) is 8.57. The van der Waals surface area contributed by atoms with Crippen LogP contribution in [0.25, 0.3) is 17.0 Å². The highest BCUT2D eigenvalue weighted by molar-refractivity contribution is 5.92. The van der Waals surface area contributed by atoms with E-state index in [0.717, 1.165) is 5.56 Å². The number of carbonyl (C=O) groups excluding carboxylic acids is 2. The molecular weight excluding hydrogens is 430 g/mol. The molecule has 0 saturated carbocycles. The number of nitrogens with zero attached hydrogens (tertiary/aromatic N) is 3. The first kappa shape index (κ1) is 24.9. The minimum atomic E-state index is -0.495. The Morgan fingerprint density at radius 2 is 1.74 bits per heavy atom. The van der Waals surface area contributed by atoms with E-state index in [2.05, 4.69) is 0 Å². The number of carbonyl (C=O) groups is 2. The maximum atomic E-state index is 13.3. The van der Waals surface area contributed by atoms with Crippen LogP contribution in [0.4, 0.5) is 0 Å². The largest absolute Gasteiger partial charge is 0.469 e. The number of methoxy groups -OCH3 is 1. The first-order valence-corrected chi connectivity index (χ1v) is 11.4. The van der Waals surface area contributed by atoms with Crippen molar-refractivity contribution < 1.29 is 14.3 Å². The number of ether oxygens (including phenoxy) is 1. The fourth-order valence-electron chi connectivity index (χ4n) is 3.82. The van der Waals surface area contributed by atoms with Gasteiger partial charge in [0.15, 0.2) is 0 Å². The monoisotopic (exact) mass is 461 g/mol.